The lowest BCUT2D eigenvalue weighted by atomic mass is 10.0. The predicted molar refractivity (Wildman–Crippen MR) is 118 cm³/mol. The highest BCUT2D eigenvalue weighted by Gasteiger charge is 2.26. The fourth-order valence-electron chi connectivity index (χ4n) is 4.37. The molecule has 0 aliphatic carbocycles. The van der Waals surface area contributed by atoms with Gasteiger partial charge in [0.15, 0.2) is 0 Å². The second-order valence-electron chi connectivity index (χ2n) is 8.32. The van der Waals surface area contributed by atoms with Crippen molar-refractivity contribution in [3.8, 4) is 0 Å². The fraction of sp³-hybridized carbons (Fsp3) is 0.619. The number of sulfone groups is 1. The molecule has 2 saturated heterocycles. The molecule has 3 heterocycles. The van der Waals surface area contributed by atoms with Gasteiger partial charge in [-0.1, -0.05) is 0 Å². The van der Waals surface area contributed by atoms with Crippen molar-refractivity contribution in [3.05, 3.63) is 34.9 Å². The molecule has 164 valence electrons. The molecule has 0 atom stereocenters. The summed E-state index contributed by atoms with van der Waals surface area (Å²) in [7, 11) is -1.18. The third-order valence-electron chi connectivity index (χ3n) is 6.27. The first-order valence-corrected chi connectivity index (χ1v) is 12.4. The van der Waals surface area contributed by atoms with Gasteiger partial charge in [0.25, 0.3) is 5.56 Å². The van der Waals surface area contributed by atoms with Gasteiger partial charge in [0, 0.05) is 45.5 Å². The number of anilines is 1. The summed E-state index contributed by atoms with van der Waals surface area (Å²) in [5.41, 5.74) is 1.77. The maximum Gasteiger partial charge on any atom is 0.261 e. The van der Waals surface area contributed by atoms with Gasteiger partial charge in [0.1, 0.15) is 9.84 Å². The Morgan fingerprint density at radius 1 is 1.13 bits per heavy atom. The lowest BCUT2D eigenvalue weighted by Crippen LogP contribution is -2.48. The standard InChI is InChI=1S/C21H30N4O4S/c1-29-11-10-25-16-22-20-14-18(2-3-19(20)21(25)26)24-8-6-23(7-9-24)15-17-4-12-30(27,28)13-5-17/h2-3,14,16-17H,4-13,15H2,1H3. The number of hydrogen-bond acceptors (Lipinski definition) is 7. The maximum absolute atomic E-state index is 12.6. The molecule has 0 bridgehead atoms. The monoisotopic (exact) mass is 434 g/mol. The minimum absolute atomic E-state index is 0.0390. The third kappa shape index (κ3) is 4.84. The molecule has 2 aliphatic rings. The molecule has 1 aromatic heterocycles. The summed E-state index contributed by atoms with van der Waals surface area (Å²) in [5.74, 6) is 1.18. The van der Waals surface area contributed by atoms with E-state index in [9.17, 15) is 13.2 Å². The van der Waals surface area contributed by atoms with Crippen LogP contribution in [0.5, 0.6) is 0 Å². The van der Waals surface area contributed by atoms with Gasteiger partial charge < -0.3 is 9.64 Å². The zero-order chi connectivity index (χ0) is 21.1. The molecule has 2 aromatic rings. The Morgan fingerprint density at radius 3 is 2.57 bits per heavy atom. The van der Waals surface area contributed by atoms with Crippen LogP contribution >= 0.6 is 0 Å². The topological polar surface area (TPSA) is 84.7 Å². The van der Waals surface area contributed by atoms with Crippen molar-refractivity contribution < 1.29 is 13.2 Å². The maximum atomic E-state index is 12.6. The number of nitrogens with zero attached hydrogens (tertiary/aromatic N) is 4. The van der Waals surface area contributed by atoms with E-state index in [-0.39, 0.29) is 5.56 Å². The average molecular weight is 435 g/mol. The smallest absolute Gasteiger partial charge is 0.261 e. The molecule has 0 spiro atoms. The second kappa shape index (κ2) is 9.03. The van der Waals surface area contributed by atoms with Crippen molar-refractivity contribution in [1.29, 1.82) is 0 Å². The lowest BCUT2D eigenvalue weighted by molar-refractivity contribution is 0.186. The van der Waals surface area contributed by atoms with Crippen LogP contribution in [0.15, 0.2) is 29.3 Å². The van der Waals surface area contributed by atoms with Crippen LogP contribution in [0.3, 0.4) is 0 Å². The van der Waals surface area contributed by atoms with Crippen LogP contribution in [-0.2, 0) is 21.1 Å². The number of fused-ring (bicyclic) bond motifs is 1. The zero-order valence-electron chi connectivity index (χ0n) is 17.5. The highest BCUT2D eigenvalue weighted by atomic mass is 32.2. The molecule has 0 N–H and O–H groups in total. The number of ether oxygens (including phenoxy) is 1. The van der Waals surface area contributed by atoms with Crippen LogP contribution in [0, 0.1) is 5.92 Å². The summed E-state index contributed by atoms with van der Waals surface area (Å²) in [6.07, 6.45) is 3.18. The molecule has 8 nitrogen and oxygen atoms in total. The van der Waals surface area contributed by atoms with E-state index in [0.717, 1.165) is 56.8 Å². The Labute approximate surface area is 177 Å². The van der Waals surface area contributed by atoms with E-state index in [1.54, 1.807) is 18.0 Å². The van der Waals surface area contributed by atoms with Gasteiger partial charge in [-0.15, -0.1) is 0 Å². The van der Waals surface area contributed by atoms with Gasteiger partial charge in [-0.25, -0.2) is 13.4 Å². The Kier molecular flexibility index (Phi) is 6.40. The van der Waals surface area contributed by atoms with Crippen LogP contribution in [0.4, 0.5) is 5.69 Å². The molecule has 30 heavy (non-hydrogen) atoms. The molecule has 4 rings (SSSR count). The summed E-state index contributed by atoms with van der Waals surface area (Å²) in [6, 6.07) is 5.88. The Bertz CT molecular complexity index is 1030. The van der Waals surface area contributed by atoms with Crippen molar-refractivity contribution in [3.63, 3.8) is 0 Å². The zero-order valence-corrected chi connectivity index (χ0v) is 18.3. The van der Waals surface area contributed by atoms with E-state index in [0.29, 0.717) is 36.0 Å². The Morgan fingerprint density at radius 2 is 1.87 bits per heavy atom. The lowest BCUT2D eigenvalue weighted by Gasteiger charge is -2.38. The van der Waals surface area contributed by atoms with Crippen LogP contribution in [-0.4, -0.2) is 80.8 Å². The van der Waals surface area contributed by atoms with E-state index in [1.807, 2.05) is 18.2 Å². The summed E-state index contributed by atoms with van der Waals surface area (Å²) in [5, 5.41) is 0.628. The van der Waals surface area contributed by atoms with Crippen LogP contribution in [0.25, 0.3) is 10.9 Å². The van der Waals surface area contributed by atoms with E-state index >= 15 is 0 Å². The van der Waals surface area contributed by atoms with Crippen LogP contribution in [0.2, 0.25) is 0 Å². The number of rotatable bonds is 6. The SMILES string of the molecule is COCCn1cnc2cc(N3CCN(CC4CCS(=O)(=O)CC4)CC3)ccc2c1=O. The minimum Gasteiger partial charge on any atom is -0.383 e. The molecular weight excluding hydrogens is 404 g/mol. The average Bonchev–Trinajstić information content (AvgIpc) is 2.75. The van der Waals surface area contributed by atoms with Crippen molar-refractivity contribution >= 4 is 26.4 Å². The van der Waals surface area contributed by atoms with E-state index in [1.165, 1.54) is 0 Å². The first kappa shape index (κ1) is 21.3. The van der Waals surface area contributed by atoms with Gasteiger partial charge >= 0.3 is 0 Å². The molecule has 0 saturated carbocycles. The summed E-state index contributed by atoms with van der Waals surface area (Å²) >= 11 is 0. The Balaban J connectivity index is 1.37. The number of benzene rings is 1. The largest absolute Gasteiger partial charge is 0.383 e. The Hall–Kier alpha value is -1.97. The predicted octanol–water partition coefficient (Wildman–Crippen LogP) is 0.990. The van der Waals surface area contributed by atoms with Crippen molar-refractivity contribution in [2.75, 3.05) is 62.8 Å². The molecule has 0 unspecified atom stereocenters. The second-order valence-corrected chi connectivity index (χ2v) is 10.6. The fourth-order valence-corrected chi connectivity index (χ4v) is 5.96. The van der Waals surface area contributed by atoms with Crippen LogP contribution < -0.4 is 10.5 Å². The van der Waals surface area contributed by atoms with E-state index in [4.69, 9.17) is 4.74 Å². The highest BCUT2D eigenvalue weighted by Crippen LogP contribution is 2.23. The van der Waals surface area contributed by atoms with Gasteiger partial charge in [0.05, 0.1) is 41.9 Å². The molecule has 2 aliphatic heterocycles. The van der Waals surface area contributed by atoms with Gasteiger partial charge in [0.2, 0.25) is 0 Å². The number of methoxy groups -OCH3 is 1. The third-order valence-corrected chi connectivity index (χ3v) is 7.99. The van der Waals surface area contributed by atoms with Crippen molar-refractivity contribution in [2.24, 2.45) is 5.92 Å². The molecule has 9 heteroatoms. The van der Waals surface area contributed by atoms with Gasteiger partial charge in [-0.2, -0.15) is 0 Å². The van der Waals surface area contributed by atoms with E-state index in [2.05, 4.69) is 14.8 Å². The first-order valence-electron chi connectivity index (χ1n) is 10.6. The molecule has 0 radical (unpaired) electrons. The first-order chi connectivity index (χ1) is 14.4. The minimum atomic E-state index is -2.79. The van der Waals surface area contributed by atoms with Gasteiger partial charge in [-0.05, 0) is 37.0 Å². The summed E-state index contributed by atoms with van der Waals surface area (Å²) < 4.78 is 29.9. The van der Waals surface area contributed by atoms with Crippen molar-refractivity contribution in [1.82, 2.24) is 14.5 Å². The molecule has 0 amide bonds. The quantitative estimate of drug-likeness (QED) is 0.670. The normalized spacial score (nSPS) is 20.6. The van der Waals surface area contributed by atoms with E-state index < -0.39 is 9.84 Å². The van der Waals surface area contributed by atoms with Gasteiger partial charge in [-0.3, -0.25) is 14.3 Å². The highest BCUT2D eigenvalue weighted by molar-refractivity contribution is 7.91. The summed E-state index contributed by atoms with van der Waals surface area (Å²) in [6.45, 7) is 5.73. The summed E-state index contributed by atoms with van der Waals surface area (Å²) in [4.78, 5) is 21.9. The van der Waals surface area contributed by atoms with Crippen LogP contribution in [0.1, 0.15) is 12.8 Å². The molecular formula is C21H30N4O4S. The number of hydrogen-bond donors (Lipinski definition) is 0. The molecule has 1 aromatic carbocycles. The number of aromatic nitrogens is 2. The molecule has 2 fully saturated rings. The number of piperazine rings is 1. The van der Waals surface area contributed by atoms with Crippen molar-refractivity contribution in [2.45, 2.75) is 19.4 Å².